The summed E-state index contributed by atoms with van der Waals surface area (Å²) in [4.78, 5) is 3.83. The van der Waals surface area contributed by atoms with Crippen LogP contribution in [-0.4, -0.2) is 4.98 Å². The Hall–Kier alpha value is -4.65. The van der Waals surface area contributed by atoms with Crippen LogP contribution in [0.1, 0.15) is 25.1 Å². The van der Waals surface area contributed by atoms with E-state index in [1.165, 1.54) is 5.56 Å². The Morgan fingerprint density at radius 3 is 1.69 bits per heavy atom. The smallest absolute Gasteiger partial charge is 0.171 e. The van der Waals surface area contributed by atoms with Crippen LogP contribution in [0.5, 0.6) is 0 Å². The van der Waals surface area contributed by atoms with Crippen molar-refractivity contribution in [1.82, 2.24) is 4.98 Å². The predicted octanol–water partition coefficient (Wildman–Crippen LogP) is 8.95. The first-order valence-electron chi connectivity index (χ1n) is 14.4. The lowest BCUT2D eigenvalue weighted by Gasteiger charge is -2.29. The van der Waals surface area contributed by atoms with Crippen LogP contribution in [0.2, 0.25) is 0 Å². The summed E-state index contributed by atoms with van der Waals surface area (Å²) in [6.45, 7) is 4.55. The lowest BCUT2D eigenvalue weighted by atomic mass is 9.78. The van der Waals surface area contributed by atoms with Gasteiger partial charge in [-0.25, -0.2) is 0 Å². The van der Waals surface area contributed by atoms with E-state index >= 15 is 4.57 Å². The van der Waals surface area contributed by atoms with Gasteiger partial charge in [0.25, 0.3) is 0 Å². The number of H-pyrrole nitrogens is 1. The third-order valence-corrected chi connectivity index (χ3v) is 11.7. The van der Waals surface area contributed by atoms with Gasteiger partial charge in [0.05, 0.1) is 0 Å². The summed E-state index contributed by atoms with van der Waals surface area (Å²) in [5.41, 5.74) is 5.18. The molecule has 0 spiro atoms. The molecular formula is C39H32NOP. The molecule has 0 aliphatic carbocycles. The second kappa shape index (κ2) is 10.3. The van der Waals surface area contributed by atoms with Crippen molar-refractivity contribution in [2.45, 2.75) is 19.3 Å². The fraction of sp³-hybridized carbons (Fsp3) is 0.0769. The van der Waals surface area contributed by atoms with Crippen molar-refractivity contribution in [1.29, 1.82) is 0 Å². The highest BCUT2D eigenvalue weighted by Crippen LogP contribution is 2.50. The molecule has 0 bridgehead atoms. The van der Waals surface area contributed by atoms with E-state index < -0.39 is 7.14 Å². The third kappa shape index (κ3) is 4.14. The Bertz CT molecular complexity index is 2030. The first-order valence-corrected chi connectivity index (χ1v) is 16.1. The molecule has 7 aromatic rings. The number of para-hydroxylation sites is 1. The topological polar surface area (TPSA) is 32.9 Å². The molecule has 6 aromatic carbocycles. The molecule has 42 heavy (non-hydrogen) atoms. The van der Waals surface area contributed by atoms with Gasteiger partial charge in [0.1, 0.15) is 0 Å². The molecule has 204 valence electrons. The summed E-state index contributed by atoms with van der Waals surface area (Å²) in [7, 11) is -3.30. The van der Waals surface area contributed by atoms with Crippen LogP contribution in [0.3, 0.4) is 0 Å². The maximum absolute atomic E-state index is 15.9. The van der Waals surface area contributed by atoms with E-state index in [0.717, 1.165) is 54.4 Å². The van der Waals surface area contributed by atoms with Crippen LogP contribution < -0.4 is 15.9 Å². The summed E-state index contributed by atoms with van der Waals surface area (Å²) in [6.07, 6.45) is 0. The number of benzene rings is 6. The van der Waals surface area contributed by atoms with E-state index in [1.54, 1.807) is 0 Å². The third-order valence-electron chi connectivity index (χ3n) is 8.56. The normalized spacial score (nSPS) is 12.1. The number of nitrogens with one attached hydrogen (secondary N) is 1. The first-order chi connectivity index (χ1) is 20.5. The van der Waals surface area contributed by atoms with Gasteiger partial charge in [0.2, 0.25) is 0 Å². The highest BCUT2D eigenvalue weighted by molar-refractivity contribution is 7.85. The van der Waals surface area contributed by atoms with Crippen LogP contribution in [-0.2, 0) is 9.98 Å². The highest BCUT2D eigenvalue weighted by atomic mass is 31.2. The Labute approximate surface area is 247 Å². The Kier molecular flexibility index (Phi) is 6.45. The average molecular weight is 562 g/mol. The van der Waals surface area contributed by atoms with Gasteiger partial charge >= 0.3 is 0 Å². The van der Waals surface area contributed by atoms with Gasteiger partial charge in [-0.15, -0.1) is 0 Å². The molecule has 1 heterocycles. The van der Waals surface area contributed by atoms with Gasteiger partial charge in [0, 0.05) is 49.1 Å². The first kappa shape index (κ1) is 26.3. The second-order valence-electron chi connectivity index (χ2n) is 11.4. The molecule has 3 heteroatoms. The van der Waals surface area contributed by atoms with E-state index in [4.69, 9.17) is 0 Å². The van der Waals surface area contributed by atoms with Gasteiger partial charge in [-0.1, -0.05) is 153 Å². The molecule has 1 N–H and O–H groups in total. The van der Waals surface area contributed by atoms with E-state index in [0.29, 0.717) is 0 Å². The molecule has 0 unspecified atom stereocenters. The van der Waals surface area contributed by atoms with Gasteiger partial charge in [-0.3, -0.25) is 0 Å². The number of rotatable bonds is 6. The molecule has 0 aliphatic rings. The zero-order chi connectivity index (χ0) is 28.7. The summed E-state index contributed by atoms with van der Waals surface area (Å²) >= 11 is 0. The fourth-order valence-corrected chi connectivity index (χ4v) is 9.23. The minimum absolute atomic E-state index is 0.354. The largest absolute Gasteiger partial charge is 0.357 e. The SMILES string of the molecule is CC(C)(c1ccccc1)c1[nH]c2ccccc2c1-c1c(P(=O)(c2ccccc2)c2ccccc2)ccc2ccccc12. The standard InChI is InChI=1S/C39H32NOP/c1-39(2,29-17-6-3-7-18-29)38-37(33-24-14-15-25-34(33)40-38)36-32-23-13-12-16-28(32)26-27-35(36)42(41,30-19-8-4-9-20-30)31-21-10-5-11-22-31/h3-27,40H,1-2H3. The minimum Gasteiger partial charge on any atom is -0.357 e. The molecule has 0 saturated heterocycles. The molecule has 0 amide bonds. The average Bonchev–Trinajstić information content (AvgIpc) is 3.45. The number of fused-ring (bicyclic) bond motifs is 2. The summed E-state index contributed by atoms with van der Waals surface area (Å²) < 4.78 is 15.9. The van der Waals surface area contributed by atoms with Crippen LogP contribution >= 0.6 is 7.14 Å². The second-order valence-corrected chi connectivity index (χ2v) is 14.1. The molecule has 0 fully saturated rings. The van der Waals surface area contributed by atoms with E-state index in [1.807, 2.05) is 60.7 Å². The summed E-state index contributed by atoms with van der Waals surface area (Å²) in [5, 5.41) is 5.86. The van der Waals surface area contributed by atoms with Crippen molar-refractivity contribution in [3.8, 4) is 11.1 Å². The quantitative estimate of drug-likeness (QED) is 0.202. The van der Waals surface area contributed by atoms with E-state index in [2.05, 4.69) is 110 Å². The zero-order valence-corrected chi connectivity index (χ0v) is 24.7. The van der Waals surface area contributed by atoms with Crippen LogP contribution in [0.4, 0.5) is 0 Å². The lowest BCUT2D eigenvalue weighted by Crippen LogP contribution is -2.27. The number of aromatic amines is 1. The Morgan fingerprint density at radius 2 is 1.05 bits per heavy atom. The van der Waals surface area contributed by atoms with Crippen molar-refractivity contribution < 1.29 is 4.57 Å². The van der Waals surface area contributed by atoms with Crippen LogP contribution in [0.15, 0.2) is 152 Å². The summed E-state index contributed by atoms with van der Waals surface area (Å²) in [6, 6.07) is 51.8. The Morgan fingerprint density at radius 1 is 0.524 bits per heavy atom. The molecule has 2 nitrogen and oxygen atoms in total. The maximum atomic E-state index is 15.9. The van der Waals surface area contributed by atoms with Crippen molar-refractivity contribution in [3.63, 3.8) is 0 Å². The number of hydrogen-bond donors (Lipinski definition) is 1. The van der Waals surface area contributed by atoms with Crippen molar-refractivity contribution in [2.24, 2.45) is 0 Å². The van der Waals surface area contributed by atoms with Crippen LogP contribution in [0, 0.1) is 0 Å². The molecule has 0 radical (unpaired) electrons. The van der Waals surface area contributed by atoms with Crippen molar-refractivity contribution in [3.05, 3.63) is 163 Å². The van der Waals surface area contributed by atoms with E-state index in [-0.39, 0.29) is 5.41 Å². The van der Waals surface area contributed by atoms with Crippen molar-refractivity contribution in [2.75, 3.05) is 0 Å². The highest BCUT2D eigenvalue weighted by Gasteiger charge is 2.36. The van der Waals surface area contributed by atoms with E-state index in [9.17, 15) is 0 Å². The van der Waals surface area contributed by atoms with Gasteiger partial charge in [-0.05, 0) is 28.5 Å². The number of hydrogen-bond acceptors (Lipinski definition) is 1. The molecular weight excluding hydrogens is 529 g/mol. The zero-order valence-electron chi connectivity index (χ0n) is 23.8. The number of aromatic nitrogens is 1. The minimum atomic E-state index is -3.30. The molecule has 0 saturated carbocycles. The molecule has 0 aliphatic heterocycles. The van der Waals surface area contributed by atoms with Gasteiger partial charge in [0.15, 0.2) is 7.14 Å². The monoisotopic (exact) mass is 561 g/mol. The Balaban J connectivity index is 1.66. The van der Waals surface area contributed by atoms with Crippen molar-refractivity contribution >= 4 is 44.7 Å². The molecule has 0 atom stereocenters. The van der Waals surface area contributed by atoms with Gasteiger partial charge in [-0.2, -0.15) is 0 Å². The maximum Gasteiger partial charge on any atom is 0.171 e. The molecule has 7 rings (SSSR count). The fourth-order valence-electron chi connectivity index (χ4n) is 6.36. The predicted molar refractivity (Wildman–Crippen MR) is 179 cm³/mol. The lowest BCUT2D eigenvalue weighted by molar-refractivity contribution is 0.592. The molecule has 1 aromatic heterocycles. The summed E-state index contributed by atoms with van der Waals surface area (Å²) in [5.74, 6) is 0. The van der Waals surface area contributed by atoms with Crippen LogP contribution in [0.25, 0.3) is 32.8 Å². The van der Waals surface area contributed by atoms with Gasteiger partial charge < -0.3 is 9.55 Å².